The number of halogens is 1. The molecule has 6 nitrogen and oxygen atoms in total. The number of likely N-dealkylation sites (tertiary alicyclic amines) is 1. The van der Waals surface area contributed by atoms with Crippen LogP contribution in [-0.2, 0) is 6.54 Å². The smallest absolute Gasteiger partial charge is 0.191 e. The van der Waals surface area contributed by atoms with Gasteiger partial charge in [0.15, 0.2) is 5.96 Å². The van der Waals surface area contributed by atoms with Crippen molar-refractivity contribution in [1.82, 2.24) is 25.5 Å². The summed E-state index contributed by atoms with van der Waals surface area (Å²) < 4.78 is 0. The molecule has 154 valence electrons. The number of nitrogens with one attached hydrogen (secondary N) is 3. The molecule has 0 bridgehead atoms. The number of aliphatic imine (C=N–C) groups is 1. The quantitative estimate of drug-likeness (QED) is 0.326. The Morgan fingerprint density at radius 2 is 2.04 bits per heavy atom. The van der Waals surface area contributed by atoms with E-state index in [0.29, 0.717) is 24.5 Å². The van der Waals surface area contributed by atoms with Crippen molar-refractivity contribution in [3.8, 4) is 11.3 Å². The van der Waals surface area contributed by atoms with Crippen molar-refractivity contribution >= 4 is 29.9 Å². The Kier molecular flexibility index (Phi) is 8.75. The van der Waals surface area contributed by atoms with Gasteiger partial charge in [-0.15, -0.1) is 24.0 Å². The summed E-state index contributed by atoms with van der Waals surface area (Å²) in [5, 5.41) is 6.98. The summed E-state index contributed by atoms with van der Waals surface area (Å²) in [7, 11) is 0. The fourth-order valence-electron chi connectivity index (χ4n) is 3.47. The molecule has 2 aromatic rings. The van der Waals surface area contributed by atoms with E-state index in [1.54, 1.807) is 0 Å². The molecule has 0 amide bonds. The fourth-order valence-corrected chi connectivity index (χ4v) is 3.47. The van der Waals surface area contributed by atoms with Gasteiger partial charge in [0, 0.05) is 31.7 Å². The lowest BCUT2D eigenvalue weighted by atomic mass is 10.1. The molecule has 1 aromatic heterocycles. The van der Waals surface area contributed by atoms with Gasteiger partial charge < -0.3 is 15.6 Å². The van der Waals surface area contributed by atoms with E-state index in [0.717, 1.165) is 42.7 Å². The van der Waals surface area contributed by atoms with Crippen molar-refractivity contribution in [3.63, 3.8) is 0 Å². The van der Waals surface area contributed by atoms with Gasteiger partial charge in [-0.3, -0.25) is 4.90 Å². The van der Waals surface area contributed by atoms with Crippen LogP contribution in [0.3, 0.4) is 0 Å². The van der Waals surface area contributed by atoms with Crippen LogP contribution in [0.25, 0.3) is 11.3 Å². The molecular formula is C21H33IN6. The summed E-state index contributed by atoms with van der Waals surface area (Å²) in [6.07, 6.45) is 1.88. The number of imidazole rings is 1. The minimum atomic E-state index is 0. The van der Waals surface area contributed by atoms with Gasteiger partial charge in [0.2, 0.25) is 0 Å². The molecule has 1 aliphatic rings. The van der Waals surface area contributed by atoms with Gasteiger partial charge in [0.25, 0.3) is 0 Å². The highest BCUT2D eigenvalue weighted by Crippen LogP contribution is 2.19. The molecule has 2 heterocycles. The van der Waals surface area contributed by atoms with Crippen LogP contribution in [0.4, 0.5) is 0 Å². The van der Waals surface area contributed by atoms with E-state index in [9.17, 15) is 0 Å². The molecule has 1 fully saturated rings. The van der Waals surface area contributed by atoms with Crippen molar-refractivity contribution in [2.75, 3.05) is 19.6 Å². The number of rotatable bonds is 6. The van der Waals surface area contributed by atoms with Crippen molar-refractivity contribution in [2.45, 2.75) is 46.3 Å². The second-order valence-corrected chi connectivity index (χ2v) is 7.58. The zero-order chi connectivity index (χ0) is 19.2. The molecular weight excluding hydrogens is 463 g/mol. The van der Waals surface area contributed by atoms with Crippen molar-refractivity contribution in [2.24, 2.45) is 10.9 Å². The van der Waals surface area contributed by atoms with E-state index >= 15 is 0 Å². The van der Waals surface area contributed by atoms with Crippen LogP contribution >= 0.6 is 24.0 Å². The average Bonchev–Trinajstić information content (AvgIpc) is 3.28. The van der Waals surface area contributed by atoms with Gasteiger partial charge in [-0.25, -0.2) is 9.98 Å². The number of H-pyrrole nitrogens is 1. The van der Waals surface area contributed by atoms with Crippen LogP contribution in [0.2, 0.25) is 0 Å². The second-order valence-electron chi connectivity index (χ2n) is 7.58. The van der Waals surface area contributed by atoms with E-state index < -0.39 is 0 Å². The standard InChI is InChI=1S/C21H32N6.HI/c1-5-22-21(26-19-14-27(15(2)3)13-16(19)4)24-12-20-23-11-18(25-20)17-9-7-6-8-10-17;/h6-11,15-16,19H,5,12-14H2,1-4H3,(H,23,25)(H2,22,24,26);1H. The number of hydrogen-bond acceptors (Lipinski definition) is 3. The summed E-state index contributed by atoms with van der Waals surface area (Å²) in [6.45, 7) is 12.5. The molecule has 1 aromatic carbocycles. The minimum Gasteiger partial charge on any atom is -0.357 e. The Hall–Kier alpha value is -1.61. The zero-order valence-electron chi connectivity index (χ0n) is 17.3. The number of benzene rings is 1. The Labute approximate surface area is 185 Å². The molecule has 1 saturated heterocycles. The Balaban J connectivity index is 0.00000280. The van der Waals surface area contributed by atoms with Crippen LogP contribution in [0.15, 0.2) is 41.5 Å². The first-order chi connectivity index (χ1) is 13.1. The van der Waals surface area contributed by atoms with E-state index in [-0.39, 0.29) is 24.0 Å². The van der Waals surface area contributed by atoms with Crippen LogP contribution < -0.4 is 10.6 Å². The largest absolute Gasteiger partial charge is 0.357 e. The number of nitrogens with zero attached hydrogens (tertiary/aromatic N) is 3. The van der Waals surface area contributed by atoms with E-state index in [1.807, 2.05) is 24.4 Å². The fraction of sp³-hybridized carbons (Fsp3) is 0.524. The van der Waals surface area contributed by atoms with Gasteiger partial charge in [-0.2, -0.15) is 0 Å². The highest BCUT2D eigenvalue weighted by atomic mass is 127. The summed E-state index contributed by atoms with van der Waals surface area (Å²) in [5.41, 5.74) is 2.16. The highest BCUT2D eigenvalue weighted by Gasteiger charge is 2.31. The average molecular weight is 496 g/mol. The SMILES string of the molecule is CCNC(=NCc1ncc(-c2ccccc2)[nH]1)NC1CN(C(C)C)CC1C.I. The number of hydrogen-bond donors (Lipinski definition) is 3. The molecule has 0 saturated carbocycles. The van der Waals surface area contributed by atoms with Crippen LogP contribution in [0.1, 0.15) is 33.5 Å². The van der Waals surface area contributed by atoms with E-state index in [4.69, 9.17) is 4.99 Å². The van der Waals surface area contributed by atoms with E-state index in [1.165, 1.54) is 0 Å². The lowest BCUT2D eigenvalue weighted by Gasteiger charge is -2.21. The molecule has 2 atom stereocenters. The summed E-state index contributed by atoms with van der Waals surface area (Å²) >= 11 is 0. The monoisotopic (exact) mass is 496 g/mol. The summed E-state index contributed by atoms with van der Waals surface area (Å²) in [5.74, 6) is 2.33. The number of aromatic nitrogens is 2. The molecule has 3 rings (SSSR count). The number of guanidine groups is 1. The Bertz CT molecular complexity index is 742. The Morgan fingerprint density at radius 3 is 2.68 bits per heavy atom. The molecule has 7 heteroatoms. The number of aromatic amines is 1. The molecule has 0 spiro atoms. The van der Waals surface area contributed by atoms with Crippen LogP contribution in [0, 0.1) is 5.92 Å². The van der Waals surface area contributed by atoms with Gasteiger partial charge >= 0.3 is 0 Å². The molecule has 2 unspecified atom stereocenters. The zero-order valence-corrected chi connectivity index (χ0v) is 19.6. The van der Waals surface area contributed by atoms with Crippen molar-refractivity contribution in [3.05, 3.63) is 42.4 Å². The first-order valence-corrected chi connectivity index (χ1v) is 9.95. The third-order valence-corrected chi connectivity index (χ3v) is 5.14. The molecule has 3 N–H and O–H groups in total. The van der Waals surface area contributed by atoms with Gasteiger partial charge in [-0.1, -0.05) is 37.3 Å². The van der Waals surface area contributed by atoms with E-state index in [2.05, 4.69) is 65.3 Å². The second kappa shape index (κ2) is 10.8. The minimum absolute atomic E-state index is 0. The maximum atomic E-state index is 4.74. The summed E-state index contributed by atoms with van der Waals surface area (Å²) in [4.78, 5) is 15.1. The van der Waals surface area contributed by atoms with Gasteiger partial charge in [-0.05, 0) is 32.3 Å². The maximum absolute atomic E-state index is 4.74. The topological polar surface area (TPSA) is 68.3 Å². The first-order valence-electron chi connectivity index (χ1n) is 9.95. The van der Waals surface area contributed by atoms with Gasteiger partial charge in [0.1, 0.15) is 12.4 Å². The molecule has 1 aliphatic heterocycles. The third-order valence-electron chi connectivity index (χ3n) is 5.14. The van der Waals surface area contributed by atoms with Crippen LogP contribution in [-0.4, -0.2) is 52.5 Å². The lowest BCUT2D eigenvalue weighted by Crippen LogP contribution is -2.46. The van der Waals surface area contributed by atoms with Crippen molar-refractivity contribution < 1.29 is 0 Å². The summed E-state index contributed by atoms with van der Waals surface area (Å²) in [6, 6.07) is 11.2. The first kappa shape index (κ1) is 22.7. The molecule has 0 aliphatic carbocycles. The maximum Gasteiger partial charge on any atom is 0.191 e. The Morgan fingerprint density at radius 1 is 1.29 bits per heavy atom. The predicted octanol–water partition coefficient (Wildman–Crippen LogP) is 3.48. The third kappa shape index (κ3) is 5.94. The molecule has 0 radical (unpaired) electrons. The van der Waals surface area contributed by atoms with Crippen molar-refractivity contribution in [1.29, 1.82) is 0 Å². The normalized spacial score (nSPS) is 20.2. The van der Waals surface area contributed by atoms with Crippen LogP contribution in [0.5, 0.6) is 0 Å². The van der Waals surface area contributed by atoms with Gasteiger partial charge in [0.05, 0.1) is 11.9 Å². The lowest BCUT2D eigenvalue weighted by molar-refractivity contribution is 0.265. The predicted molar refractivity (Wildman–Crippen MR) is 127 cm³/mol. The molecule has 28 heavy (non-hydrogen) atoms. The highest BCUT2D eigenvalue weighted by molar-refractivity contribution is 14.0.